The van der Waals surface area contributed by atoms with E-state index in [9.17, 15) is 0 Å². The van der Waals surface area contributed by atoms with E-state index in [0.717, 1.165) is 27.7 Å². The first-order chi connectivity index (χ1) is 14.4. The summed E-state index contributed by atoms with van der Waals surface area (Å²) >= 11 is 0. The third kappa shape index (κ3) is 2.88. The maximum Gasteiger partial charge on any atom is 0.232 e. The summed E-state index contributed by atoms with van der Waals surface area (Å²) in [6.07, 6.45) is 8.64. The summed E-state index contributed by atoms with van der Waals surface area (Å²) in [6.45, 7) is 6.47. The predicted octanol–water partition coefficient (Wildman–Crippen LogP) is 4.06. The lowest BCUT2D eigenvalue weighted by molar-refractivity contribution is 0.408. The maximum atomic E-state index is 8.89. The second-order valence-corrected chi connectivity index (χ2v) is 8.05. The van der Waals surface area contributed by atoms with Gasteiger partial charge in [0.2, 0.25) is 5.82 Å². The minimum absolute atomic E-state index is 0.0733. The molecule has 0 bridgehead atoms. The fourth-order valence-electron chi connectivity index (χ4n) is 3.48. The second kappa shape index (κ2) is 6.46. The number of nitrogens with one attached hydrogen (secondary N) is 1. The Bertz CT molecular complexity index is 1430. The fraction of sp³-hybridized carbons (Fsp3) is 0.182. The van der Waals surface area contributed by atoms with Crippen LogP contribution in [0.2, 0.25) is 0 Å². The summed E-state index contributed by atoms with van der Waals surface area (Å²) < 4.78 is 2.17. The molecule has 0 saturated heterocycles. The fourth-order valence-corrected chi connectivity index (χ4v) is 3.48. The van der Waals surface area contributed by atoms with Crippen molar-refractivity contribution < 1.29 is 0 Å². The van der Waals surface area contributed by atoms with Gasteiger partial charge >= 0.3 is 0 Å². The Morgan fingerprint density at radius 3 is 2.53 bits per heavy atom. The van der Waals surface area contributed by atoms with Crippen LogP contribution in [0.4, 0.5) is 0 Å². The van der Waals surface area contributed by atoms with Crippen molar-refractivity contribution in [2.45, 2.75) is 26.3 Å². The molecule has 0 amide bonds. The van der Waals surface area contributed by atoms with Crippen molar-refractivity contribution in [3.05, 3.63) is 55.1 Å². The van der Waals surface area contributed by atoms with Crippen LogP contribution in [-0.4, -0.2) is 34.5 Å². The number of H-pyrrole nitrogens is 1. The SMILES string of the molecule is CC(C)(C)n1cnc2ccc(-c3c[nH]c4ncc(-c5cnc(C#N)nc5)nc34)cc21. The van der Waals surface area contributed by atoms with Crippen molar-refractivity contribution in [2.24, 2.45) is 0 Å². The molecule has 30 heavy (non-hydrogen) atoms. The number of fused-ring (bicyclic) bond motifs is 2. The van der Waals surface area contributed by atoms with E-state index in [-0.39, 0.29) is 11.4 Å². The topological polar surface area (TPSA) is 109 Å². The molecule has 4 heterocycles. The largest absolute Gasteiger partial charge is 0.344 e. The van der Waals surface area contributed by atoms with Crippen molar-refractivity contribution in [1.29, 1.82) is 5.26 Å². The molecule has 4 aromatic heterocycles. The van der Waals surface area contributed by atoms with Crippen molar-refractivity contribution in [3.63, 3.8) is 0 Å². The summed E-state index contributed by atoms with van der Waals surface area (Å²) in [7, 11) is 0. The highest BCUT2D eigenvalue weighted by atomic mass is 15.1. The number of hydrogen-bond acceptors (Lipinski definition) is 6. The first-order valence-electron chi connectivity index (χ1n) is 9.48. The Balaban J connectivity index is 1.65. The molecule has 0 unspecified atom stereocenters. The van der Waals surface area contributed by atoms with Gasteiger partial charge in [-0.2, -0.15) is 5.26 Å². The normalized spacial score (nSPS) is 11.8. The number of aromatic nitrogens is 7. The number of benzene rings is 1. The van der Waals surface area contributed by atoms with Crippen LogP contribution in [-0.2, 0) is 5.54 Å². The Labute approximate surface area is 172 Å². The molecule has 0 aliphatic heterocycles. The van der Waals surface area contributed by atoms with E-state index in [1.165, 1.54) is 0 Å². The second-order valence-electron chi connectivity index (χ2n) is 8.05. The average Bonchev–Trinajstić information content (AvgIpc) is 3.36. The zero-order valence-corrected chi connectivity index (χ0v) is 16.7. The van der Waals surface area contributed by atoms with Gasteiger partial charge in [-0.25, -0.2) is 24.9 Å². The van der Waals surface area contributed by atoms with Gasteiger partial charge in [-0.3, -0.25) is 0 Å². The Morgan fingerprint density at radius 1 is 1.00 bits per heavy atom. The highest BCUT2D eigenvalue weighted by molar-refractivity contribution is 5.94. The molecule has 0 aliphatic carbocycles. The Hall–Kier alpha value is -4.12. The van der Waals surface area contributed by atoms with Gasteiger partial charge in [-0.15, -0.1) is 0 Å². The van der Waals surface area contributed by atoms with Crippen LogP contribution in [0.25, 0.3) is 44.6 Å². The molecule has 0 aliphatic rings. The van der Waals surface area contributed by atoms with E-state index in [0.29, 0.717) is 16.9 Å². The molecular weight excluding hydrogens is 376 g/mol. The molecule has 0 spiro atoms. The van der Waals surface area contributed by atoms with E-state index >= 15 is 0 Å². The summed E-state index contributed by atoms with van der Waals surface area (Å²) in [5, 5.41) is 8.89. The predicted molar refractivity (Wildman–Crippen MR) is 113 cm³/mol. The van der Waals surface area contributed by atoms with E-state index in [2.05, 4.69) is 56.3 Å². The van der Waals surface area contributed by atoms with Crippen molar-refractivity contribution in [1.82, 2.24) is 34.5 Å². The molecular formula is C22H18N8. The number of hydrogen-bond donors (Lipinski definition) is 1. The molecule has 0 saturated carbocycles. The van der Waals surface area contributed by atoms with Crippen LogP contribution in [0, 0.1) is 11.3 Å². The Morgan fingerprint density at radius 2 is 1.80 bits per heavy atom. The minimum Gasteiger partial charge on any atom is -0.344 e. The third-order valence-corrected chi connectivity index (χ3v) is 5.01. The van der Waals surface area contributed by atoms with E-state index in [1.54, 1.807) is 18.6 Å². The van der Waals surface area contributed by atoms with Gasteiger partial charge in [0.1, 0.15) is 11.6 Å². The summed E-state index contributed by atoms with van der Waals surface area (Å²) in [5.74, 6) is 0.124. The smallest absolute Gasteiger partial charge is 0.232 e. The zero-order chi connectivity index (χ0) is 20.9. The van der Waals surface area contributed by atoms with Crippen LogP contribution in [0.3, 0.4) is 0 Å². The third-order valence-electron chi connectivity index (χ3n) is 5.01. The highest BCUT2D eigenvalue weighted by Crippen LogP contribution is 2.31. The first-order valence-corrected chi connectivity index (χ1v) is 9.48. The lowest BCUT2D eigenvalue weighted by atomic mass is 10.1. The van der Waals surface area contributed by atoms with Gasteiger partial charge < -0.3 is 9.55 Å². The molecule has 0 atom stereocenters. The summed E-state index contributed by atoms with van der Waals surface area (Å²) in [6, 6.07) is 8.12. The lowest BCUT2D eigenvalue weighted by Crippen LogP contribution is -2.20. The number of imidazole rings is 1. The van der Waals surface area contributed by atoms with E-state index in [1.807, 2.05) is 30.7 Å². The van der Waals surface area contributed by atoms with Crippen LogP contribution in [0.15, 0.2) is 49.3 Å². The van der Waals surface area contributed by atoms with Gasteiger partial charge in [-0.1, -0.05) is 6.07 Å². The molecule has 5 rings (SSSR count). The van der Waals surface area contributed by atoms with Crippen LogP contribution >= 0.6 is 0 Å². The van der Waals surface area contributed by atoms with Gasteiger partial charge in [-0.05, 0) is 38.5 Å². The Kier molecular flexibility index (Phi) is 3.86. The van der Waals surface area contributed by atoms with Gasteiger partial charge in [0.05, 0.1) is 29.3 Å². The van der Waals surface area contributed by atoms with Gasteiger partial charge in [0.15, 0.2) is 5.65 Å². The molecule has 1 N–H and O–H groups in total. The molecule has 0 fully saturated rings. The van der Waals surface area contributed by atoms with E-state index in [4.69, 9.17) is 10.2 Å². The average molecular weight is 394 g/mol. The molecule has 8 heteroatoms. The van der Waals surface area contributed by atoms with E-state index < -0.39 is 0 Å². The molecule has 1 aromatic carbocycles. The number of aromatic amines is 1. The summed E-state index contributed by atoms with van der Waals surface area (Å²) in [4.78, 5) is 25.1. The van der Waals surface area contributed by atoms with Crippen LogP contribution in [0.1, 0.15) is 26.6 Å². The zero-order valence-electron chi connectivity index (χ0n) is 16.7. The van der Waals surface area contributed by atoms with Crippen molar-refractivity contribution >= 4 is 22.2 Å². The number of nitrogens with zero attached hydrogens (tertiary/aromatic N) is 7. The number of rotatable bonds is 2. The standard InChI is InChI=1S/C22H18N8/c1-22(2,3)30-12-28-16-5-4-13(6-18(16)30)15-10-26-21-20(15)29-17(11-27-21)14-8-24-19(7-23)25-9-14/h4-6,8-12H,1-3H3,(H,26,27). The first kappa shape index (κ1) is 17.9. The highest BCUT2D eigenvalue weighted by Gasteiger charge is 2.18. The lowest BCUT2D eigenvalue weighted by Gasteiger charge is -2.21. The maximum absolute atomic E-state index is 8.89. The van der Waals surface area contributed by atoms with Crippen LogP contribution in [0.5, 0.6) is 0 Å². The molecule has 0 radical (unpaired) electrons. The quantitative estimate of drug-likeness (QED) is 0.484. The van der Waals surface area contributed by atoms with Crippen molar-refractivity contribution in [3.8, 4) is 28.5 Å². The minimum atomic E-state index is -0.0733. The van der Waals surface area contributed by atoms with Gasteiger partial charge in [0.25, 0.3) is 0 Å². The van der Waals surface area contributed by atoms with Crippen molar-refractivity contribution in [2.75, 3.05) is 0 Å². The molecule has 146 valence electrons. The van der Waals surface area contributed by atoms with Crippen LogP contribution < -0.4 is 0 Å². The monoisotopic (exact) mass is 394 g/mol. The molecule has 5 aromatic rings. The summed E-state index contributed by atoms with van der Waals surface area (Å²) in [5.41, 5.74) is 6.75. The van der Waals surface area contributed by atoms with Gasteiger partial charge in [0, 0.05) is 35.3 Å². The molecule has 8 nitrogen and oxygen atoms in total. The number of nitriles is 1.